The maximum atomic E-state index is 12.4. The fraction of sp³-hybridized carbons (Fsp3) is 0.846. The molecule has 1 aliphatic rings. The number of carbonyl (C=O) groups is 2. The molecule has 0 aromatic carbocycles. The van der Waals surface area contributed by atoms with Gasteiger partial charge in [-0.3, -0.25) is 9.59 Å². The molecule has 0 bridgehead atoms. The maximum Gasteiger partial charge on any atom is 0.247 e. The fourth-order valence-corrected chi connectivity index (χ4v) is 2.14. The molecule has 0 unspecified atom stereocenters. The highest BCUT2D eigenvalue weighted by molar-refractivity contribution is 5.93. The van der Waals surface area contributed by atoms with E-state index in [0.717, 1.165) is 0 Å². The van der Waals surface area contributed by atoms with Gasteiger partial charge in [-0.05, 0) is 19.3 Å². The third kappa shape index (κ3) is 2.51. The molecule has 1 atom stereocenters. The minimum absolute atomic E-state index is 0.0387. The minimum atomic E-state index is -0.813. The number of hydrogen-bond donors (Lipinski definition) is 1. The summed E-state index contributed by atoms with van der Waals surface area (Å²) in [6.07, 6.45) is 0. The van der Waals surface area contributed by atoms with Crippen LogP contribution in [-0.2, 0) is 9.59 Å². The molecule has 1 heterocycles. The number of hydrogen-bond acceptors (Lipinski definition) is 3. The Morgan fingerprint density at radius 2 is 1.83 bits per heavy atom. The minimum Gasteiger partial charge on any atom is -0.342 e. The molecule has 1 aliphatic heterocycles. The van der Waals surface area contributed by atoms with Gasteiger partial charge in [-0.1, -0.05) is 20.8 Å². The van der Waals surface area contributed by atoms with Gasteiger partial charge >= 0.3 is 0 Å². The van der Waals surface area contributed by atoms with Crippen LogP contribution in [-0.4, -0.2) is 53.3 Å². The van der Waals surface area contributed by atoms with Crippen molar-refractivity contribution in [2.75, 3.05) is 20.1 Å². The summed E-state index contributed by atoms with van der Waals surface area (Å²) in [5, 5.41) is 0. The van der Waals surface area contributed by atoms with Crippen LogP contribution in [0.3, 0.4) is 0 Å². The Morgan fingerprint density at radius 1 is 1.33 bits per heavy atom. The molecule has 0 spiro atoms. The van der Waals surface area contributed by atoms with Gasteiger partial charge in [-0.2, -0.15) is 0 Å². The number of likely N-dealkylation sites (N-methyl/N-ethyl adjacent to an activating group) is 1. The van der Waals surface area contributed by atoms with Crippen LogP contribution >= 0.6 is 0 Å². The van der Waals surface area contributed by atoms with Crippen molar-refractivity contribution in [2.24, 2.45) is 11.1 Å². The van der Waals surface area contributed by atoms with E-state index in [1.165, 1.54) is 0 Å². The molecule has 5 heteroatoms. The smallest absolute Gasteiger partial charge is 0.247 e. The summed E-state index contributed by atoms with van der Waals surface area (Å²) >= 11 is 0. The van der Waals surface area contributed by atoms with E-state index in [1.54, 1.807) is 30.7 Å². The quantitative estimate of drug-likeness (QED) is 0.739. The maximum absolute atomic E-state index is 12.4. The molecule has 5 nitrogen and oxygen atoms in total. The van der Waals surface area contributed by atoms with Crippen LogP contribution in [0.1, 0.15) is 34.6 Å². The van der Waals surface area contributed by atoms with E-state index >= 15 is 0 Å². The molecule has 2 amide bonds. The molecule has 0 radical (unpaired) electrons. The van der Waals surface area contributed by atoms with Crippen LogP contribution in [0.25, 0.3) is 0 Å². The first-order valence-electron chi connectivity index (χ1n) is 6.32. The first-order valence-corrected chi connectivity index (χ1v) is 6.32. The first kappa shape index (κ1) is 15.0. The molecule has 1 saturated heterocycles. The van der Waals surface area contributed by atoms with E-state index in [2.05, 4.69) is 0 Å². The molecule has 0 aromatic heterocycles. The lowest BCUT2D eigenvalue weighted by Gasteiger charge is -2.46. The zero-order valence-electron chi connectivity index (χ0n) is 12.3. The van der Waals surface area contributed by atoms with Crippen molar-refractivity contribution in [3.05, 3.63) is 0 Å². The molecule has 0 saturated carbocycles. The molecule has 1 fully saturated rings. The van der Waals surface area contributed by atoms with Crippen molar-refractivity contribution in [1.82, 2.24) is 9.80 Å². The van der Waals surface area contributed by atoms with Crippen molar-refractivity contribution >= 4 is 11.8 Å². The van der Waals surface area contributed by atoms with E-state index < -0.39 is 11.6 Å². The predicted octanol–water partition coefficient (Wildman–Crippen LogP) is 0.439. The number of carbonyl (C=O) groups excluding carboxylic acids is 2. The van der Waals surface area contributed by atoms with Crippen LogP contribution in [0.2, 0.25) is 0 Å². The van der Waals surface area contributed by atoms with Crippen LogP contribution in [0.15, 0.2) is 0 Å². The molecule has 0 aliphatic carbocycles. The molecule has 104 valence electrons. The van der Waals surface area contributed by atoms with Crippen LogP contribution in [0.5, 0.6) is 0 Å². The highest BCUT2D eigenvalue weighted by atomic mass is 16.2. The molecule has 0 aromatic rings. The highest BCUT2D eigenvalue weighted by Crippen LogP contribution is 2.26. The van der Waals surface area contributed by atoms with Crippen molar-refractivity contribution in [3.8, 4) is 0 Å². The van der Waals surface area contributed by atoms with E-state index in [-0.39, 0.29) is 17.2 Å². The van der Waals surface area contributed by atoms with Gasteiger partial charge < -0.3 is 15.5 Å². The van der Waals surface area contributed by atoms with Crippen LogP contribution < -0.4 is 5.73 Å². The number of piperazine rings is 1. The Kier molecular flexibility index (Phi) is 3.77. The Bertz CT molecular complexity index is 358. The lowest BCUT2D eigenvalue weighted by atomic mass is 9.85. The standard InChI is InChI=1S/C13H25N3O2/c1-12(2,3)9(14)10(17)16-8-7-15(6)11(18)13(16,4)5/h9H,7-8,14H2,1-6H3/t9-/m1/s1. The van der Waals surface area contributed by atoms with E-state index in [0.29, 0.717) is 13.1 Å². The fourth-order valence-electron chi connectivity index (χ4n) is 2.14. The summed E-state index contributed by atoms with van der Waals surface area (Å²) < 4.78 is 0. The monoisotopic (exact) mass is 255 g/mol. The van der Waals surface area contributed by atoms with Crippen molar-refractivity contribution < 1.29 is 9.59 Å². The second-order valence-corrected chi connectivity index (χ2v) is 6.62. The second kappa shape index (κ2) is 4.53. The second-order valence-electron chi connectivity index (χ2n) is 6.62. The molecule has 18 heavy (non-hydrogen) atoms. The third-order valence-corrected chi connectivity index (χ3v) is 3.67. The van der Waals surface area contributed by atoms with Gasteiger partial charge in [-0.15, -0.1) is 0 Å². The summed E-state index contributed by atoms with van der Waals surface area (Å²) in [6, 6.07) is -0.590. The Balaban J connectivity index is 2.97. The van der Waals surface area contributed by atoms with Gasteiger partial charge in [0.15, 0.2) is 0 Å². The average Bonchev–Trinajstić information content (AvgIpc) is 2.23. The number of rotatable bonds is 1. The average molecular weight is 255 g/mol. The van der Waals surface area contributed by atoms with Crippen LogP contribution in [0.4, 0.5) is 0 Å². The van der Waals surface area contributed by atoms with Gasteiger partial charge in [0.2, 0.25) is 11.8 Å². The van der Waals surface area contributed by atoms with E-state index in [9.17, 15) is 9.59 Å². The zero-order chi connectivity index (χ0) is 14.3. The lowest BCUT2D eigenvalue weighted by molar-refractivity contribution is -0.159. The highest BCUT2D eigenvalue weighted by Gasteiger charge is 2.45. The molecular formula is C13H25N3O2. The van der Waals surface area contributed by atoms with Crippen molar-refractivity contribution in [2.45, 2.75) is 46.2 Å². The predicted molar refractivity (Wildman–Crippen MR) is 70.9 cm³/mol. The first-order chi connectivity index (χ1) is 7.99. The summed E-state index contributed by atoms with van der Waals surface area (Å²) in [4.78, 5) is 27.8. The largest absolute Gasteiger partial charge is 0.342 e. The topological polar surface area (TPSA) is 66.6 Å². The lowest BCUT2D eigenvalue weighted by Crippen LogP contribution is -2.67. The Labute approximate surface area is 109 Å². The zero-order valence-corrected chi connectivity index (χ0v) is 12.3. The summed E-state index contributed by atoms with van der Waals surface area (Å²) in [7, 11) is 1.76. The van der Waals surface area contributed by atoms with Gasteiger partial charge in [0.05, 0.1) is 6.04 Å². The number of nitrogens with two attached hydrogens (primary N) is 1. The normalized spacial score (nSPS) is 22.1. The SMILES string of the molecule is CN1CCN(C(=O)[C@@H](N)C(C)(C)C)C(C)(C)C1=O. The van der Waals surface area contributed by atoms with Gasteiger partial charge in [0.25, 0.3) is 0 Å². The van der Waals surface area contributed by atoms with Crippen LogP contribution in [0, 0.1) is 5.41 Å². The van der Waals surface area contributed by atoms with Crippen molar-refractivity contribution in [1.29, 1.82) is 0 Å². The van der Waals surface area contributed by atoms with Gasteiger partial charge in [0.1, 0.15) is 5.54 Å². The third-order valence-electron chi connectivity index (χ3n) is 3.67. The Hall–Kier alpha value is -1.10. The summed E-state index contributed by atoms with van der Waals surface area (Å²) in [6.45, 7) is 10.4. The molecular weight excluding hydrogens is 230 g/mol. The number of amides is 2. The molecule has 1 rings (SSSR count). The van der Waals surface area contributed by atoms with Gasteiger partial charge in [-0.25, -0.2) is 0 Å². The number of nitrogens with zero attached hydrogens (tertiary/aromatic N) is 2. The Morgan fingerprint density at radius 3 is 2.28 bits per heavy atom. The molecule has 2 N–H and O–H groups in total. The van der Waals surface area contributed by atoms with Crippen molar-refractivity contribution in [3.63, 3.8) is 0 Å². The summed E-state index contributed by atoms with van der Waals surface area (Å²) in [5.41, 5.74) is 4.89. The van der Waals surface area contributed by atoms with E-state index in [4.69, 9.17) is 5.73 Å². The van der Waals surface area contributed by atoms with E-state index in [1.807, 2.05) is 20.8 Å². The summed E-state index contributed by atoms with van der Waals surface area (Å²) in [5.74, 6) is -0.183. The van der Waals surface area contributed by atoms with Gasteiger partial charge in [0, 0.05) is 20.1 Å².